The van der Waals surface area contributed by atoms with Crippen molar-refractivity contribution in [2.75, 3.05) is 0 Å². The third kappa shape index (κ3) is 1.59. The maximum Gasteiger partial charge on any atom is 0.261 e. The fourth-order valence-corrected chi connectivity index (χ4v) is 2.24. The molecule has 1 heterocycles. The maximum absolute atomic E-state index is 12.0. The lowest BCUT2D eigenvalue weighted by atomic mass is 10.1. The highest BCUT2D eigenvalue weighted by Crippen LogP contribution is 2.21. The van der Waals surface area contributed by atoms with Gasteiger partial charge in [0.2, 0.25) is 0 Å². The normalized spacial score (nSPS) is 10.9. The van der Waals surface area contributed by atoms with Crippen LogP contribution < -0.4 is 5.56 Å². The first-order chi connectivity index (χ1) is 7.00. The van der Waals surface area contributed by atoms with Crippen LogP contribution in [0.4, 0.5) is 0 Å². The summed E-state index contributed by atoms with van der Waals surface area (Å²) in [6.45, 7) is 3.79. The molecule has 0 spiro atoms. The second-order valence-electron chi connectivity index (χ2n) is 3.67. The summed E-state index contributed by atoms with van der Waals surface area (Å²) in [7, 11) is 1.74. The number of benzene rings is 1. The molecule has 0 atom stereocenters. The van der Waals surface area contributed by atoms with Crippen LogP contribution in [0, 0.1) is 13.8 Å². The lowest BCUT2D eigenvalue weighted by molar-refractivity contribution is 0.792. The zero-order chi connectivity index (χ0) is 11.2. The van der Waals surface area contributed by atoms with Crippen molar-refractivity contribution in [3.8, 4) is 0 Å². The Labute approximate surface area is 95.9 Å². The summed E-state index contributed by atoms with van der Waals surface area (Å²) in [5, 5.41) is 0.662. The predicted octanol–water partition coefficient (Wildman–Crippen LogP) is 2.31. The van der Waals surface area contributed by atoms with Crippen LogP contribution in [0.2, 0.25) is 0 Å². The Kier molecular flexibility index (Phi) is 2.38. The molecule has 0 amide bonds. The molecule has 0 bridgehead atoms. The molecule has 4 heteroatoms. The zero-order valence-corrected chi connectivity index (χ0v) is 10.4. The molecule has 0 aliphatic carbocycles. The van der Waals surface area contributed by atoms with Gasteiger partial charge in [0.15, 0.2) is 0 Å². The zero-order valence-electron chi connectivity index (χ0n) is 8.84. The van der Waals surface area contributed by atoms with Gasteiger partial charge in [-0.2, -0.15) is 0 Å². The summed E-state index contributed by atoms with van der Waals surface area (Å²) in [6.07, 6.45) is 0. The highest BCUT2D eigenvalue weighted by Gasteiger charge is 2.08. The van der Waals surface area contributed by atoms with E-state index in [1.807, 2.05) is 26.0 Å². The second kappa shape index (κ2) is 3.45. The summed E-state index contributed by atoms with van der Waals surface area (Å²) in [5.74, 6) is 0.719. The van der Waals surface area contributed by atoms with Crippen molar-refractivity contribution in [2.24, 2.45) is 7.05 Å². The third-order valence-corrected chi connectivity index (χ3v) is 3.11. The Morgan fingerprint density at radius 1 is 1.33 bits per heavy atom. The topological polar surface area (TPSA) is 34.9 Å². The Bertz CT molecular complexity index is 602. The summed E-state index contributed by atoms with van der Waals surface area (Å²) < 4.78 is 2.44. The summed E-state index contributed by atoms with van der Waals surface area (Å²) in [4.78, 5) is 16.3. The molecular weight excluding hydrogens is 256 g/mol. The second-order valence-corrected chi connectivity index (χ2v) is 4.52. The first-order valence-corrected chi connectivity index (χ1v) is 5.43. The maximum atomic E-state index is 12.0. The fourth-order valence-electron chi connectivity index (χ4n) is 1.58. The molecule has 3 nitrogen and oxygen atoms in total. The van der Waals surface area contributed by atoms with Crippen molar-refractivity contribution >= 4 is 26.8 Å². The molecule has 0 aliphatic rings. The summed E-state index contributed by atoms with van der Waals surface area (Å²) >= 11 is 3.43. The van der Waals surface area contributed by atoms with Crippen LogP contribution in [0.15, 0.2) is 21.4 Å². The van der Waals surface area contributed by atoms with E-state index in [1.165, 1.54) is 0 Å². The van der Waals surface area contributed by atoms with Gasteiger partial charge in [-0.3, -0.25) is 9.36 Å². The predicted molar refractivity (Wildman–Crippen MR) is 64.2 cm³/mol. The first kappa shape index (κ1) is 10.4. The molecule has 15 heavy (non-hydrogen) atoms. The van der Waals surface area contributed by atoms with Crippen molar-refractivity contribution < 1.29 is 0 Å². The van der Waals surface area contributed by atoms with Crippen molar-refractivity contribution in [3.63, 3.8) is 0 Å². The van der Waals surface area contributed by atoms with Gasteiger partial charge in [0.05, 0.1) is 10.9 Å². The molecule has 2 aromatic rings. The van der Waals surface area contributed by atoms with E-state index in [0.717, 1.165) is 21.4 Å². The van der Waals surface area contributed by atoms with E-state index in [1.54, 1.807) is 11.6 Å². The van der Waals surface area contributed by atoms with E-state index >= 15 is 0 Å². The van der Waals surface area contributed by atoms with Gasteiger partial charge in [-0.15, -0.1) is 0 Å². The van der Waals surface area contributed by atoms with Crippen LogP contribution >= 0.6 is 15.9 Å². The lowest BCUT2D eigenvalue weighted by Crippen LogP contribution is -2.20. The molecule has 0 unspecified atom stereocenters. The van der Waals surface area contributed by atoms with Crippen molar-refractivity contribution in [2.45, 2.75) is 13.8 Å². The number of hydrogen-bond acceptors (Lipinski definition) is 2. The van der Waals surface area contributed by atoms with Gasteiger partial charge >= 0.3 is 0 Å². The molecule has 0 fully saturated rings. The minimum absolute atomic E-state index is 0.00176. The van der Waals surface area contributed by atoms with E-state index in [-0.39, 0.29) is 5.56 Å². The Morgan fingerprint density at radius 3 is 2.67 bits per heavy atom. The number of nitrogens with zero attached hydrogens (tertiary/aromatic N) is 2. The lowest BCUT2D eigenvalue weighted by Gasteiger charge is -2.07. The molecule has 0 saturated carbocycles. The van der Waals surface area contributed by atoms with Gasteiger partial charge in [-0.1, -0.05) is 0 Å². The van der Waals surface area contributed by atoms with Crippen LogP contribution in [0.5, 0.6) is 0 Å². The van der Waals surface area contributed by atoms with Gasteiger partial charge in [0, 0.05) is 11.5 Å². The molecule has 0 saturated heterocycles. The van der Waals surface area contributed by atoms with E-state index in [9.17, 15) is 4.79 Å². The van der Waals surface area contributed by atoms with Crippen LogP contribution in [0.25, 0.3) is 10.9 Å². The smallest absolute Gasteiger partial charge is 0.261 e. The number of fused-ring (bicyclic) bond motifs is 1. The monoisotopic (exact) mass is 266 g/mol. The van der Waals surface area contributed by atoms with Gasteiger partial charge in [0.1, 0.15) is 5.82 Å². The van der Waals surface area contributed by atoms with Gasteiger partial charge in [-0.05, 0) is 47.5 Å². The third-order valence-electron chi connectivity index (χ3n) is 2.50. The number of aryl methyl sites for hydroxylation is 2. The molecule has 1 aromatic carbocycles. The standard InChI is InChI=1S/C11H11BrN2O/c1-6-4-8-10(9(12)5-6)13-7(2)14(3)11(8)15/h4-5H,1-3H3. The molecule has 2 rings (SSSR count). The van der Waals surface area contributed by atoms with Gasteiger partial charge in [0.25, 0.3) is 5.56 Å². The number of halogens is 1. The minimum Gasteiger partial charge on any atom is -0.299 e. The molecular formula is C11H11BrN2O. The number of rotatable bonds is 0. The van der Waals surface area contributed by atoms with Crippen LogP contribution in [-0.2, 0) is 7.05 Å². The Morgan fingerprint density at radius 2 is 2.00 bits per heavy atom. The Balaban J connectivity index is 3.06. The number of hydrogen-bond donors (Lipinski definition) is 0. The van der Waals surface area contributed by atoms with Crippen molar-refractivity contribution in [1.29, 1.82) is 0 Å². The van der Waals surface area contributed by atoms with Crippen LogP contribution in [0.3, 0.4) is 0 Å². The van der Waals surface area contributed by atoms with E-state index < -0.39 is 0 Å². The van der Waals surface area contributed by atoms with E-state index in [4.69, 9.17) is 0 Å². The number of aromatic nitrogens is 2. The largest absolute Gasteiger partial charge is 0.299 e. The summed E-state index contributed by atoms with van der Waals surface area (Å²) in [6, 6.07) is 3.84. The highest BCUT2D eigenvalue weighted by atomic mass is 79.9. The molecule has 78 valence electrons. The van der Waals surface area contributed by atoms with E-state index in [2.05, 4.69) is 20.9 Å². The van der Waals surface area contributed by atoms with Crippen LogP contribution in [-0.4, -0.2) is 9.55 Å². The first-order valence-electron chi connectivity index (χ1n) is 4.64. The SMILES string of the molecule is Cc1cc(Br)c2nc(C)n(C)c(=O)c2c1. The van der Waals surface area contributed by atoms with Crippen LogP contribution in [0.1, 0.15) is 11.4 Å². The van der Waals surface area contributed by atoms with Gasteiger partial charge in [-0.25, -0.2) is 4.98 Å². The average Bonchev–Trinajstić information content (AvgIpc) is 2.17. The van der Waals surface area contributed by atoms with Crippen molar-refractivity contribution in [3.05, 3.63) is 38.3 Å². The minimum atomic E-state index is 0.00176. The highest BCUT2D eigenvalue weighted by molar-refractivity contribution is 9.10. The molecule has 1 aromatic heterocycles. The quantitative estimate of drug-likeness (QED) is 0.734. The molecule has 0 aliphatic heterocycles. The Hall–Kier alpha value is -1.16. The van der Waals surface area contributed by atoms with Crippen molar-refractivity contribution in [1.82, 2.24) is 9.55 Å². The average molecular weight is 267 g/mol. The molecule has 0 radical (unpaired) electrons. The molecule has 0 N–H and O–H groups in total. The van der Waals surface area contributed by atoms with Gasteiger partial charge < -0.3 is 0 Å². The summed E-state index contributed by atoms with van der Waals surface area (Å²) in [5.41, 5.74) is 1.79. The van der Waals surface area contributed by atoms with E-state index in [0.29, 0.717) is 5.39 Å². The fraction of sp³-hybridized carbons (Fsp3) is 0.273.